The third-order valence-electron chi connectivity index (χ3n) is 2.41. The zero-order valence-electron chi connectivity index (χ0n) is 9.50. The van der Waals surface area contributed by atoms with Crippen molar-refractivity contribution in [2.24, 2.45) is 5.84 Å². The molecule has 1 unspecified atom stereocenters. The molecule has 0 aliphatic heterocycles. The van der Waals surface area contributed by atoms with Crippen molar-refractivity contribution >= 4 is 0 Å². The Bertz CT molecular complexity index is 322. The summed E-state index contributed by atoms with van der Waals surface area (Å²) in [6, 6.07) is 3.30. The number of halogens is 2. The van der Waals surface area contributed by atoms with Gasteiger partial charge in [-0.2, -0.15) is 0 Å². The van der Waals surface area contributed by atoms with Crippen molar-refractivity contribution in [3.8, 4) is 0 Å². The number of hydrogen-bond donors (Lipinski definition) is 2. The molecule has 1 rings (SSSR count). The van der Waals surface area contributed by atoms with Crippen LogP contribution in [0.5, 0.6) is 0 Å². The standard InChI is InChI=1S/C11H17F2N3/c1-16(2)7-6-10(15-14)11-8(12)4-3-5-9(11)13/h3-5,10,15H,6-7,14H2,1-2H3. The fourth-order valence-electron chi connectivity index (χ4n) is 1.54. The molecule has 1 aromatic rings. The van der Waals surface area contributed by atoms with Crippen LogP contribution in [0, 0.1) is 11.6 Å². The zero-order valence-corrected chi connectivity index (χ0v) is 9.50. The minimum absolute atomic E-state index is 0.00634. The van der Waals surface area contributed by atoms with E-state index in [1.165, 1.54) is 18.2 Å². The van der Waals surface area contributed by atoms with Crippen LogP contribution in [0.25, 0.3) is 0 Å². The van der Waals surface area contributed by atoms with Crippen LogP contribution in [0.3, 0.4) is 0 Å². The van der Waals surface area contributed by atoms with Gasteiger partial charge in [0.15, 0.2) is 0 Å². The van der Waals surface area contributed by atoms with E-state index >= 15 is 0 Å². The summed E-state index contributed by atoms with van der Waals surface area (Å²) in [4.78, 5) is 1.93. The molecule has 0 saturated heterocycles. The van der Waals surface area contributed by atoms with Gasteiger partial charge in [-0.1, -0.05) is 6.07 Å². The van der Waals surface area contributed by atoms with Gasteiger partial charge in [-0.05, 0) is 39.2 Å². The maximum Gasteiger partial charge on any atom is 0.130 e. The highest BCUT2D eigenvalue weighted by Gasteiger charge is 2.18. The summed E-state index contributed by atoms with van der Waals surface area (Å²) in [5.41, 5.74) is 2.46. The van der Waals surface area contributed by atoms with Crippen LogP contribution in [-0.4, -0.2) is 25.5 Å². The molecular formula is C11H17F2N3. The molecule has 3 nitrogen and oxygen atoms in total. The van der Waals surface area contributed by atoms with Gasteiger partial charge in [0.25, 0.3) is 0 Å². The molecule has 0 fully saturated rings. The van der Waals surface area contributed by atoms with Gasteiger partial charge >= 0.3 is 0 Å². The number of rotatable bonds is 5. The summed E-state index contributed by atoms with van der Waals surface area (Å²) in [5.74, 6) is 4.19. The molecule has 0 saturated carbocycles. The summed E-state index contributed by atoms with van der Waals surface area (Å²) in [6.45, 7) is 0.697. The SMILES string of the molecule is CN(C)CCC(NN)c1c(F)cccc1F. The minimum Gasteiger partial charge on any atom is -0.309 e. The van der Waals surface area contributed by atoms with Gasteiger partial charge in [-0.3, -0.25) is 11.3 Å². The Morgan fingerprint density at radius 3 is 2.31 bits per heavy atom. The van der Waals surface area contributed by atoms with E-state index in [9.17, 15) is 8.78 Å². The summed E-state index contributed by atoms with van der Waals surface area (Å²) in [5, 5.41) is 0. The Balaban J connectivity index is 2.86. The first-order valence-electron chi connectivity index (χ1n) is 5.11. The fraction of sp³-hybridized carbons (Fsp3) is 0.455. The third-order valence-corrected chi connectivity index (χ3v) is 2.41. The van der Waals surface area contributed by atoms with Crippen molar-refractivity contribution in [1.82, 2.24) is 10.3 Å². The Morgan fingerprint density at radius 1 is 1.31 bits per heavy atom. The Kier molecular flexibility index (Phi) is 4.79. The van der Waals surface area contributed by atoms with Gasteiger partial charge in [0.2, 0.25) is 0 Å². The summed E-state index contributed by atoms with van der Waals surface area (Å²) in [6.07, 6.45) is 0.543. The second-order valence-corrected chi connectivity index (χ2v) is 3.95. The predicted molar refractivity (Wildman–Crippen MR) is 59.6 cm³/mol. The zero-order chi connectivity index (χ0) is 12.1. The smallest absolute Gasteiger partial charge is 0.130 e. The maximum atomic E-state index is 13.5. The van der Waals surface area contributed by atoms with E-state index in [2.05, 4.69) is 5.43 Å². The van der Waals surface area contributed by atoms with Crippen molar-refractivity contribution in [3.63, 3.8) is 0 Å². The number of hydrogen-bond acceptors (Lipinski definition) is 3. The predicted octanol–water partition coefficient (Wildman–Crippen LogP) is 1.42. The second-order valence-electron chi connectivity index (χ2n) is 3.95. The molecular weight excluding hydrogens is 212 g/mol. The van der Waals surface area contributed by atoms with E-state index in [0.29, 0.717) is 13.0 Å². The lowest BCUT2D eigenvalue weighted by molar-refractivity contribution is 0.353. The van der Waals surface area contributed by atoms with Gasteiger partial charge < -0.3 is 4.90 Å². The van der Waals surface area contributed by atoms with Crippen LogP contribution in [0.4, 0.5) is 8.78 Å². The first kappa shape index (κ1) is 13.0. The maximum absolute atomic E-state index is 13.5. The monoisotopic (exact) mass is 229 g/mol. The van der Waals surface area contributed by atoms with Crippen molar-refractivity contribution in [3.05, 3.63) is 35.4 Å². The molecule has 1 atom stereocenters. The van der Waals surface area contributed by atoms with Gasteiger partial charge in [0, 0.05) is 5.56 Å². The molecule has 1 aromatic carbocycles. The molecule has 0 radical (unpaired) electrons. The number of nitrogens with one attached hydrogen (secondary N) is 1. The minimum atomic E-state index is -0.568. The average Bonchev–Trinajstić information content (AvgIpc) is 2.22. The molecule has 0 heterocycles. The molecule has 0 bridgehead atoms. The van der Waals surface area contributed by atoms with E-state index in [-0.39, 0.29) is 5.56 Å². The second kappa shape index (κ2) is 5.89. The highest BCUT2D eigenvalue weighted by atomic mass is 19.1. The molecule has 0 aliphatic carbocycles. The van der Waals surface area contributed by atoms with Crippen LogP contribution in [0.15, 0.2) is 18.2 Å². The largest absolute Gasteiger partial charge is 0.309 e. The lowest BCUT2D eigenvalue weighted by Gasteiger charge is -2.19. The fourth-order valence-corrected chi connectivity index (χ4v) is 1.54. The molecule has 16 heavy (non-hydrogen) atoms. The van der Waals surface area contributed by atoms with Gasteiger partial charge in [0.05, 0.1) is 6.04 Å². The average molecular weight is 229 g/mol. The molecule has 90 valence electrons. The Labute approximate surface area is 94.2 Å². The van der Waals surface area contributed by atoms with Gasteiger partial charge in [-0.25, -0.2) is 8.78 Å². The quantitative estimate of drug-likeness (QED) is 0.592. The van der Waals surface area contributed by atoms with Crippen LogP contribution < -0.4 is 11.3 Å². The van der Waals surface area contributed by atoms with Crippen molar-refractivity contribution in [1.29, 1.82) is 0 Å². The number of benzene rings is 1. The van der Waals surface area contributed by atoms with E-state index < -0.39 is 17.7 Å². The van der Waals surface area contributed by atoms with Crippen LogP contribution in [0.2, 0.25) is 0 Å². The van der Waals surface area contributed by atoms with E-state index in [0.717, 1.165) is 0 Å². The summed E-state index contributed by atoms with van der Waals surface area (Å²) in [7, 11) is 3.79. The highest BCUT2D eigenvalue weighted by molar-refractivity contribution is 5.23. The molecule has 0 aliphatic rings. The number of hydrazine groups is 1. The normalized spacial score (nSPS) is 13.1. The molecule has 5 heteroatoms. The van der Waals surface area contributed by atoms with Crippen LogP contribution in [0.1, 0.15) is 18.0 Å². The molecule has 3 N–H and O–H groups in total. The van der Waals surface area contributed by atoms with Crippen LogP contribution in [-0.2, 0) is 0 Å². The van der Waals surface area contributed by atoms with E-state index in [4.69, 9.17) is 5.84 Å². The number of nitrogens with zero attached hydrogens (tertiary/aromatic N) is 1. The topological polar surface area (TPSA) is 41.3 Å². The van der Waals surface area contributed by atoms with Crippen molar-refractivity contribution < 1.29 is 8.78 Å². The first-order chi connectivity index (χ1) is 7.56. The van der Waals surface area contributed by atoms with Gasteiger partial charge in [0.1, 0.15) is 11.6 Å². The van der Waals surface area contributed by atoms with Gasteiger partial charge in [-0.15, -0.1) is 0 Å². The van der Waals surface area contributed by atoms with Crippen molar-refractivity contribution in [2.45, 2.75) is 12.5 Å². The number of nitrogens with two attached hydrogens (primary N) is 1. The summed E-state index contributed by atoms with van der Waals surface area (Å²) < 4.78 is 26.9. The molecule has 0 spiro atoms. The lowest BCUT2D eigenvalue weighted by atomic mass is 10.0. The summed E-state index contributed by atoms with van der Waals surface area (Å²) >= 11 is 0. The Hall–Kier alpha value is -1.04. The molecule has 0 aromatic heterocycles. The lowest BCUT2D eigenvalue weighted by Crippen LogP contribution is -2.32. The first-order valence-corrected chi connectivity index (χ1v) is 5.11. The van der Waals surface area contributed by atoms with Crippen LogP contribution >= 0.6 is 0 Å². The van der Waals surface area contributed by atoms with E-state index in [1.807, 2.05) is 19.0 Å². The highest BCUT2D eigenvalue weighted by Crippen LogP contribution is 2.22. The Morgan fingerprint density at radius 2 is 1.88 bits per heavy atom. The molecule has 0 amide bonds. The third kappa shape index (κ3) is 3.23. The van der Waals surface area contributed by atoms with Crippen molar-refractivity contribution in [2.75, 3.05) is 20.6 Å². The van der Waals surface area contributed by atoms with E-state index in [1.54, 1.807) is 0 Å².